The molecule has 0 aliphatic heterocycles. The van der Waals surface area contributed by atoms with Crippen LogP contribution in [0, 0.1) is 0 Å². The highest BCUT2D eigenvalue weighted by atomic mass is 16.3. The molecule has 0 heterocycles. The van der Waals surface area contributed by atoms with Gasteiger partial charge in [-0.1, -0.05) is 200 Å². The molecule has 0 aromatic heterocycles. The first-order valence-electron chi connectivity index (χ1n) is 19.8. The highest BCUT2D eigenvalue weighted by Gasteiger charge is 2.26. The summed E-state index contributed by atoms with van der Waals surface area (Å²) in [6.07, 6.45) is 37.7. The van der Waals surface area contributed by atoms with E-state index in [1.807, 2.05) is 0 Å². The Kier molecular flexibility index (Phi) is 34.7. The molecule has 264 valence electrons. The van der Waals surface area contributed by atoms with Gasteiger partial charge in [-0.15, -0.1) is 0 Å². The Morgan fingerprint density at radius 1 is 0.477 bits per heavy atom. The van der Waals surface area contributed by atoms with Crippen molar-refractivity contribution >= 4 is 5.91 Å². The molecule has 44 heavy (non-hydrogen) atoms. The number of rotatable bonds is 36. The lowest BCUT2D eigenvalue weighted by Gasteiger charge is -2.26. The fourth-order valence-electron chi connectivity index (χ4n) is 6.34. The van der Waals surface area contributed by atoms with Crippen LogP contribution in [0.15, 0.2) is 0 Å². The van der Waals surface area contributed by atoms with E-state index in [1.54, 1.807) is 0 Å². The van der Waals surface area contributed by atoms with Crippen molar-refractivity contribution in [1.82, 2.24) is 5.32 Å². The van der Waals surface area contributed by atoms with Gasteiger partial charge >= 0.3 is 0 Å². The molecule has 5 heteroatoms. The van der Waals surface area contributed by atoms with E-state index in [0.29, 0.717) is 12.8 Å². The number of hydrogen-bond donors (Lipinski definition) is 4. The molecule has 0 spiro atoms. The fourth-order valence-corrected chi connectivity index (χ4v) is 6.34. The minimum atomic E-state index is -1.13. The van der Waals surface area contributed by atoms with Crippen LogP contribution in [0.1, 0.15) is 219 Å². The zero-order valence-corrected chi connectivity index (χ0v) is 29.8. The molecule has 4 N–H and O–H groups in total. The SMILES string of the molecule is CCCCCCCCCCCCCCCCCCCC(O)C(O)C(CO)NC(=O)CCCCCCCCCCCCCCC. The van der Waals surface area contributed by atoms with Gasteiger partial charge in [0.15, 0.2) is 0 Å². The van der Waals surface area contributed by atoms with Gasteiger partial charge in [0, 0.05) is 6.42 Å². The third-order valence-corrected chi connectivity index (χ3v) is 9.46. The number of nitrogens with one attached hydrogen (secondary N) is 1. The minimum Gasteiger partial charge on any atom is -0.394 e. The summed E-state index contributed by atoms with van der Waals surface area (Å²) in [5.41, 5.74) is 0. The summed E-state index contributed by atoms with van der Waals surface area (Å²) in [5.74, 6) is -0.142. The first-order valence-corrected chi connectivity index (χ1v) is 19.8. The third-order valence-electron chi connectivity index (χ3n) is 9.46. The average Bonchev–Trinajstić information content (AvgIpc) is 3.03. The van der Waals surface area contributed by atoms with Gasteiger partial charge in [-0.25, -0.2) is 0 Å². The zero-order chi connectivity index (χ0) is 32.4. The van der Waals surface area contributed by atoms with Crippen LogP contribution < -0.4 is 5.32 Å². The zero-order valence-electron chi connectivity index (χ0n) is 29.8. The maximum Gasteiger partial charge on any atom is 0.220 e. The highest BCUT2D eigenvalue weighted by Crippen LogP contribution is 2.16. The second-order valence-corrected chi connectivity index (χ2v) is 13.9. The summed E-state index contributed by atoms with van der Waals surface area (Å²) < 4.78 is 0. The van der Waals surface area contributed by atoms with Crippen molar-refractivity contribution in [3.63, 3.8) is 0 Å². The molecule has 0 fully saturated rings. The van der Waals surface area contributed by atoms with E-state index in [9.17, 15) is 20.1 Å². The largest absolute Gasteiger partial charge is 0.394 e. The van der Waals surface area contributed by atoms with Gasteiger partial charge in [0.25, 0.3) is 0 Å². The van der Waals surface area contributed by atoms with E-state index in [-0.39, 0.29) is 12.5 Å². The van der Waals surface area contributed by atoms with Crippen molar-refractivity contribution in [3.8, 4) is 0 Å². The van der Waals surface area contributed by atoms with Gasteiger partial charge in [0.1, 0.15) is 6.10 Å². The van der Waals surface area contributed by atoms with Gasteiger partial charge in [-0.3, -0.25) is 4.79 Å². The number of unbranched alkanes of at least 4 members (excludes halogenated alkanes) is 28. The monoisotopic (exact) mass is 626 g/mol. The summed E-state index contributed by atoms with van der Waals surface area (Å²) in [5, 5.41) is 33.4. The molecule has 0 aliphatic carbocycles. The van der Waals surface area contributed by atoms with Crippen LogP contribution in [0.25, 0.3) is 0 Å². The fraction of sp³-hybridized carbons (Fsp3) is 0.974. The van der Waals surface area contributed by atoms with Crippen molar-refractivity contribution in [1.29, 1.82) is 0 Å². The maximum atomic E-state index is 12.4. The maximum absolute atomic E-state index is 12.4. The van der Waals surface area contributed by atoms with Crippen molar-refractivity contribution < 1.29 is 20.1 Å². The number of hydrogen-bond acceptors (Lipinski definition) is 4. The number of amides is 1. The molecule has 0 aromatic carbocycles. The van der Waals surface area contributed by atoms with Crippen molar-refractivity contribution in [3.05, 3.63) is 0 Å². The Hall–Kier alpha value is -0.650. The Morgan fingerprint density at radius 3 is 1.09 bits per heavy atom. The van der Waals surface area contributed by atoms with Gasteiger partial charge < -0.3 is 20.6 Å². The van der Waals surface area contributed by atoms with Gasteiger partial charge in [-0.2, -0.15) is 0 Å². The lowest BCUT2D eigenvalue weighted by Crippen LogP contribution is -2.50. The molecule has 0 saturated heterocycles. The predicted molar refractivity (Wildman–Crippen MR) is 190 cm³/mol. The van der Waals surface area contributed by atoms with E-state index in [1.165, 1.54) is 161 Å². The average molecular weight is 626 g/mol. The lowest BCUT2D eigenvalue weighted by atomic mass is 9.99. The van der Waals surface area contributed by atoms with E-state index >= 15 is 0 Å². The molecular formula is C39H79NO4. The number of carbonyl (C=O) groups excluding carboxylic acids is 1. The molecule has 0 bridgehead atoms. The van der Waals surface area contributed by atoms with Crippen LogP contribution in [0.5, 0.6) is 0 Å². The van der Waals surface area contributed by atoms with Crippen LogP contribution in [0.2, 0.25) is 0 Å². The Balaban J connectivity index is 3.62. The standard InChI is InChI=1S/C39H79NO4/c1-3-5-7-9-11-13-15-17-18-19-20-22-23-25-27-29-31-33-37(42)39(44)36(35-41)40-38(43)34-32-30-28-26-24-21-16-14-12-10-8-6-4-2/h36-37,39,41-42,44H,3-35H2,1-2H3,(H,40,43). The second kappa shape index (κ2) is 35.2. The lowest BCUT2D eigenvalue weighted by molar-refractivity contribution is -0.124. The van der Waals surface area contributed by atoms with Crippen molar-refractivity contribution in [2.24, 2.45) is 0 Å². The predicted octanol–water partition coefficient (Wildman–Crippen LogP) is 10.7. The van der Waals surface area contributed by atoms with Crippen LogP contribution in [0.4, 0.5) is 0 Å². The van der Waals surface area contributed by atoms with E-state index in [2.05, 4.69) is 19.2 Å². The summed E-state index contributed by atoms with van der Waals surface area (Å²) >= 11 is 0. The van der Waals surface area contributed by atoms with E-state index < -0.39 is 18.2 Å². The highest BCUT2D eigenvalue weighted by molar-refractivity contribution is 5.76. The molecule has 0 saturated carbocycles. The summed E-state index contributed by atoms with van der Waals surface area (Å²) in [6, 6.07) is -0.801. The summed E-state index contributed by atoms with van der Waals surface area (Å²) in [7, 11) is 0. The Bertz CT molecular complexity index is 572. The number of carbonyl (C=O) groups is 1. The molecule has 0 rings (SSSR count). The third kappa shape index (κ3) is 30.0. The van der Waals surface area contributed by atoms with Crippen LogP contribution in [-0.4, -0.2) is 46.1 Å². The molecule has 0 aliphatic rings. The molecular weight excluding hydrogens is 546 g/mol. The molecule has 1 amide bonds. The number of aliphatic hydroxyl groups excluding tert-OH is 3. The Morgan fingerprint density at radius 2 is 0.773 bits per heavy atom. The van der Waals surface area contributed by atoms with Gasteiger partial charge in [-0.05, 0) is 12.8 Å². The topological polar surface area (TPSA) is 89.8 Å². The Labute approximate surface area is 275 Å². The minimum absolute atomic E-state index is 0.142. The smallest absolute Gasteiger partial charge is 0.220 e. The van der Waals surface area contributed by atoms with Crippen molar-refractivity contribution in [2.45, 2.75) is 238 Å². The van der Waals surface area contributed by atoms with E-state index in [4.69, 9.17) is 0 Å². The number of aliphatic hydroxyl groups is 3. The first kappa shape index (κ1) is 43.4. The normalized spacial score (nSPS) is 13.7. The van der Waals surface area contributed by atoms with Crippen LogP contribution >= 0.6 is 0 Å². The first-order chi connectivity index (χ1) is 21.6. The molecule has 5 nitrogen and oxygen atoms in total. The van der Waals surface area contributed by atoms with Gasteiger partial charge in [0.2, 0.25) is 5.91 Å². The quantitative estimate of drug-likeness (QED) is 0.0521. The molecule has 3 atom stereocenters. The molecule has 3 unspecified atom stereocenters. The van der Waals surface area contributed by atoms with Gasteiger partial charge in [0.05, 0.1) is 18.8 Å². The van der Waals surface area contributed by atoms with Crippen LogP contribution in [-0.2, 0) is 4.79 Å². The summed E-state index contributed by atoms with van der Waals surface area (Å²) in [6.45, 7) is 4.18. The summed E-state index contributed by atoms with van der Waals surface area (Å²) in [4.78, 5) is 12.4. The molecule has 0 aromatic rings. The second-order valence-electron chi connectivity index (χ2n) is 13.9. The van der Waals surface area contributed by atoms with E-state index in [0.717, 1.165) is 32.1 Å². The van der Waals surface area contributed by atoms with Crippen molar-refractivity contribution in [2.75, 3.05) is 6.61 Å². The molecule has 0 radical (unpaired) electrons. The van der Waals surface area contributed by atoms with Crippen LogP contribution in [0.3, 0.4) is 0 Å².